The molecule has 0 atom stereocenters. The minimum Gasteiger partial charge on any atom is -0.494 e. The number of para-hydroxylation sites is 1. The van der Waals surface area contributed by atoms with Gasteiger partial charge in [0.05, 0.1) is 13.7 Å². The molecule has 4 heteroatoms. The van der Waals surface area contributed by atoms with Gasteiger partial charge in [-0.2, -0.15) is 0 Å². The van der Waals surface area contributed by atoms with Crippen molar-refractivity contribution in [3.8, 4) is 5.75 Å². The molecule has 0 heterocycles. The smallest absolute Gasteiger partial charge is 0.325 e. The molecule has 4 nitrogen and oxygen atoms in total. The van der Waals surface area contributed by atoms with Crippen LogP contribution < -0.4 is 10.1 Å². The standard InChI is InChI=1S/C14H21NO3/c1-5-18-12-9-7-6-8-11(12)10-15-14(2,3)13(16)17-4/h6-9,15H,5,10H2,1-4H3. The van der Waals surface area contributed by atoms with Gasteiger partial charge in [0.15, 0.2) is 0 Å². The van der Waals surface area contributed by atoms with Crippen molar-refractivity contribution in [1.82, 2.24) is 5.32 Å². The summed E-state index contributed by atoms with van der Waals surface area (Å²) in [5, 5.41) is 3.17. The maximum absolute atomic E-state index is 11.5. The fourth-order valence-electron chi connectivity index (χ4n) is 1.59. The van der Waals surface area contributed by atoms with Gasteiger partial charge in [-0.15, -0.1) is 0 Å². The molecule has 1 aromatic rings. The average Bonchev–Trinajstić information content (AvgIpc) is 2.37. The van der Waals surface area contributed by atoms with Gasteiger partial charge < -0.3 is 9.47 Å². The molecular weight excluding hydrogens is 230 g/mol. The monoisotopic (exact) mass is 251 g/mol. The van der Waals surface area contributed by atoms with Gasteiger partial charge in [0.1, 0.15) is 11.3 Å². The third-order valence-corrected chi connectivity index (χ3v) is 2.69. The number of carbonyl (C=O) groups is 1. The summed E-state index contributed by atoms with van der Waals surface area (Å²) in [4.78, 5) is 11.5. The van der Waals surface area contributed by atoms with Gasteiger partial charge in [0.25, 0.3) is 0 Å². The molecule has 100 valence electrons. The van der Waals surface area contributed by atoms with Crippen molar-refractivity contribution < 1.29 is 14.3 Å². The van der Waals surface area contributed by atoms with Gasteiger partial charge >= 0.3 is 5.97 Å². The Labute approximate surface area is 108 Å². The molecule has 0 saturated carbocycles. The summed E-state index contributed by atoms with van der Waals surface area (Å²) >= 11 is 0. The van der Waals surface area contributed by atoms with Crippen molar-refractivity contribution in [2.45, 2.75) is 32.9 Å². The molecule has 0 spiro atoms. The Morgan fingerprint density at radius 2 is 2.00 bits per heavy atom. The molecule has 0 radical (unpaired) electrons. The van der Waals surface area contributed by atoms with Crippen LogP contribution >= 0.6 is 0 Å². The second-order valence-corrected chi connectivity index (χ2v) is 4.51. The van der Waals surface area contributed by atoms with Gasteiger partial charge in [0, 0.05) is 12.1 Å². The van der Waals surface area contributed by atoms with Gasteiger partial charge in [-0.1, -0.05) is 18.2 Å². The van der Waals surface area contributed by atoms with E-state index < -0.39 is 5.54 Å². The summed E-state index contributed by atoms with van der Waals surface area (Å²) in [6.45, 7) is 6.71. The molecule has 1 N–H and O–H groups in total. The number of hydrogen-bond acceptors (Lipinski definition) is 4. The molecule has 1 aromatic carbocycles. The summed E-state index contributed by atoms with van der Waals surface area (Å²) < 4.78 is 10.3. The number of rotatable bonds is 6. The van der Waals surface area contributed by atoms with Crippen molar-refractivity contribution in [2.24, 2.45) is 0 Å². The molecule has 18 heavy (non-hydrogen) atoms. The molecular formula is C14H21NO3. The summed E-state index contributed by atoms with van der Waals surface area (Å²) in [7, 11) is 1.39. The molecule has 0 aliphatic rings. The van der Waals surface area contributed by atoms with Crippen LogP contribution in [-0.4, -0.2) is 25.2 Å². The van der Waals surface area contributed by atoms with Crippen molar-refractivity contribution in [3.05, 3.63) is 29.8 Å². The highest BCUT2D eigenvalue weighted by molar-refractivity contribution is 5.79. The van der Waals surface area contributed by atoms with Gasteiger partial charge in [-0.3, -0.25) is 10.1 Å². The zero-order valence-corrected chi connectivity index (χ0v) is 11.4. The van der Waals surface area contributed by atoms with E-state index in [1.165, 1.54) is 7.11 Å². The Hall–Kier alpha value is -1.55. The van der Waals surface area contributed by atoms with E-state index in [0.29, 0.717) is 13.2 Å². The lowest BCUT2D eigenvalue weighted by Gasteiger charge is -2.23. The lowest BCUT2D eigenvalue weighted by atomic mass is 10.1. The van der Waals surface area contributed by atoms with Crippen molar-refractivity contribution in [3.63, 3.8) is 0 Å². The van der Waals surface area contributed by atoms with Crippen LogP contribution in [0.5, 0.6) is 5.75 Å². The SMILES string of the molecule is CCOc1ccccc1CNC(C)(C)C(=O)OC. The molecule has 0 aliphatic carbocycles. The first kappa shape index (κ1) is 14.5. The molecule has 0 fully saturated rings. The summed E-state index contributed by atoms with van der Waals surface area (Å²) in [6, 6.07) is 7.78. The number of esters is 1. The molecule has 1 rings (SSSR count). The van der Waals surface area contributed by atoms with E-state index in [1.807, 2.05) is 31.2 Å². The van der Waals surface area contributed by atoms with Crippen LogP contribution in [-0.2, 0) is 16.1 Å². The second-order valence-electron chi connectivity index (χ2n) is 4.51. The minimum atomic E-state index is -0.714. The topological polar surface area (TPSA) is 47.6 Å². The van der Waals surface area contributed by atoms with E-state index >= 15 is 0 Å². The molecule has 0 bridgehead atoms. The maximum atomic E-state index is 11.5. The van der Waals surface area contributed by atoms with Crippen LogP contribution in [0.15, 0.2) is 24.3 Å². The Morgan fingerprint density at radius 1 is 1.33 bits per heavy atom. The molecule has 0 aromatic heterocycles. The van der Waals surface area contributed by atoms with Crippen LogP contribution in [0.3, 0.4) is 0 Å². The molecule has 0 aliphatic heterocycles. The first-order chi connectivity index (χ1) is 8.51. The highest BCUT2D eigenvalue weighted by atomic mass is 16.5. The second kappa shape index (κ2) is 6.40. The summed E-state index contributed by atoms with van der Waals surface area (Å²) in [5.41, 5.74) is 0.310. The predicted molar refractivity (Wildman–Crippen MR) is 70.5 cm³/mol. The highest BCUT2D eigenvalue weighted by Crippen LogP contribution is 2.18. The zero-order chi connectivity index (χ0) is 13.6. The Morgan fingerprint density at radius 3 is 2.61 bits per heavy atom. The van der Waals surface area contributed by atoms with Gasteiger partial charge in [0.2, 0.25) is 0 Å². The maximum Gasteiger partial charge on any atom is 0.325 e. The van der Waals surface area contributed by atoms with Crippen molar-refractivity contribution in [2.75, 3.05) is 13.7 Å². The van der Waals surface area contributed by atoms with E-state index in [9.17, 15) is 4.79 Å². The summed E-state index contributed by atoms with van der Waals surface area (Å²) in [6.07, 6.45) is 0. The third kappa shape index (κ3) is 3.74. The number of benzene rings is 1. The number of methoxy groups -OCH3 is 1. The van der Waals surface area contributed by atoms with E-state index in [0.717, 1.165) is 11.3 Å². The molecule has 0 unspecified atom stereocenters. The Balaban J connectivity index is 2.71. The van der Waals surface area contributed by atoms with E-state index in [1.54, 1.807) is 13.8 Å². The largest absolute Gasteiger partial charge is 0.494 e. The van der Waals surface area contributed by atoms with Crippen LogP contribution in [0.1, 0.15) is 26.3 Å². The average molecular weight is 251 g/mol. The number of hydrogen-bond donors (Lipinski definition) is 1. The van der Waals surface area contributed by atoms with Crippen molar-refractivity contribution >= 4 is 5.97 Å². The number of nitrogens with one attached hydrogen (secondary N) is 1. The van der Waals surface area contributed by atoms with Crippen LogP contribution in [0.4, 0.5) is 0 Å². The lowest BCUT2D eigenvalue weighted by molar-refractivity contribution is -0.147. The Kier molecular flexibility index (Phi) is 5.16. The molecule has 0 amide bonds. The van der Waals surface area contributed by atoms with Crippen LogP contribution in [0.2, 0.25) is 0 Å². The first-order valence-electron chi connectivity index (χ1n) is 6.05. The van der Waals surface area contributed by atoms with E-state index in [2.05, 4.69) is 5.32 Å². The summed E-state index contributed by atoms with van der Waals surface area (Å²) in [5.74, 6) is 0.560. The van der Waals surface area contributed by atoms with Gasteiger partial charge in [-0.25, -0.2) is 0 Å². The highest BCUT2D eigenvalue weighted by Gasteiger charge is 2.27. The third-order valence-electron chi connectivity index (χ3n) is 2.69. The Bertz CT molecular complexity index is 402. The fourth-order valence-corrected chi connectivity index (χ4v) is 1.59. The number of carbonyl (C=O) groups excluding carboxylic acids is 1. The lowest BCUT2D eigenvalue weighted by Crippen LogP contribution is -2.47. The fraction of sp³-hybridized carbons (Fsp3) is 0.500. The van der Waals surface area contributed by atoms with Crippen molar-refractivity contribution in [1.29, 1.82) is 0 Å². The zero-order valence-electron chi connectivity index (χ0n) is 11.4. The normalized spacial score (nSPS) is 11.1. The molecule has 0 saturated heterocycles. The van der Waals surface area contributed by atoms with Crippen LogP contribution in [0, 0.1) is 0 Å². The van der Waals surface area contributed by atoms with E-state index in [4.69, 9.17) is 9.47 Å². The van der Waals surface area contributed by atoms with Gasteiger partial charge in [-0.05, 0) is 26.8 Å². The van der Waals surface area contributed by atoms with E-state index in [-0.39, 0.29) is 5.97 Å². The first-order valence-corrected chi connectivity index (χ1v) is 6.05. The predicted octanol–water partition coefficient (Wildman–Crippen LogP) is 2.13. The quantitative estimate of drug-likeness (QED) is 0.787. The number of ether oxygens (including phenoxy) is 2. The minimum absolute atomic E-state index is 0.281. The van der Waals surface area contributed by atoms with Crippen LogP contribution in [0.25, 0.3) is 0 Å².